The summed E-state index contributed by atoms with van der Waals surface area (Å²) in [6.45, 7) is 2.54. The predicted molar refractivity (Wildman–Crippen MR) is 70.0 cm³/mol. The van der Waals surface area contributed by atoms with Gasteiger partial charge < -0.3 is 4.90 Å². The molecule has 92 valence electrons. The molecule has 3 heteroatoms. The van der Waals surface area contributed by atoms with Gasteiger partial charge in [0.2, 0.25) is 5.91 Å². The average molecular weight is 252 g/mol. The molecule has 1 saturated heterocycles. The number of benzene rings is 1. The first-order valence-electron chi connectivity index (χ1n) is 6.21. The monoisotopic (exact) mass is 251 g/mol. The SMILES string of the molecule is CC(=O)N1CCCCCC1c1ccc(Cl)cc1. The number of hydrogen-bond donors (Lipinski definition) is 0. The van der Waals surface area contributed by atoms with Gasteiger partial charge in [-0.15, -0.1) is 0 Å². The van der Waals surface area contributed by atoms with Crippen molar-refractivity contribution in [1.82, 2.24) is 4.90 Å². The van der Waals surface area contributed by atoms with Gasteiger partial charge >= 0.3 is 0 Å². The molecule has 0 bridgehead atoms. The molecule has 1 heterocycles. The Bertz CT molecular complexity index is 388. The first kappa shape index (κ1) is 12.4. The molecule has 0 aliphatic carbocycles. The van der Waals surface area contributed by atoms with Gasteiger partial charge in [0, 0.05) is 18.5 Å². The van der Waals surface area contributed by atoms with Crippen molar-refractivity contribution >= 4 is 17.5 Å². The zero-order valence-corrected chi connectivity index (χ0v) is 10.9. The quantitative estimate of drug-likeness (QED) is 0.743. The van der Waals surface area contributed by atoms with E-state index in [1.54, 1.807) is 6.92 Å². The van der Waals surface area contributed by atoms with E-state index < -0.39 is 0 Å². The molecule has 1 aliphatic rings. The lowest BCUT2D eigenvalue weighted by atomic mass is 10.0. The van der Waals surface area contributed by atoms with Crippen LogP contribution in [-0.2, 0) is 4.79 Å². The molecule has 1 amide bonds. The molecule has 0 N–H and O–H groups in total. The summed E-state index contributed by atoms with van der Waals surface area (Å²) in [6.07, 6.45) is 4.58. The van der Waals surface area contributed by atoms with Gasteiger partial charge in [-0.2, -0.15) is 0 Å². The minimum Gasteiger partial charge on any atom is -0.336 e. The molecule has 0 aromatic heterocycles. The van der Waals surface area contributed by atoms with Crippen LogP contribution >= 0.6 is 11.6 Å². The highest BCUT2D eigenvalue weighted by Gasteiger charge is 2.24. The number of amides is 1. The zero-order valence-electron chi connectivity index (χ0n) is 10.2. The molecule has 17 heavy (non-hydrogen) atoms. The van der Waals surface area contributed by atoms with E-state index in [0.717, 1.165) is 24.4 Å². The van der Waals surface area contributed by atoms with Gasteiger partial charge in [-0.1, -0.05) is 36.6 Å². The maximum atomic E-state index is 11.7. The minimum atomic E-state index is 0.173. The van der Waals surface area contributed by atoms with Crippen molar-refractivity contribution in [2.24, 2.45) is 0 Å². The molecule has 1 aromatic rings. The Hall–Kier alpha value is -1.02. The lowest BCUT2D eigenvalue weighted by molar-refractivity contribution is -0.131. The number of rotatable bonds is 1. The Balaban J connectivity index is 2.25. The summed E-state index contributed by atoms with van der Waals surface area (Å²) in [5.41, 5.74) is 1.20. The van der Waals surface area contributed by atoms with E-state index in [0.29, 0.717) is 0 Å². The fraction of sp³-hybridized carbons (Fsp3) is 0.500. The number of hydrogen-bond acceptors (Lipinski definition) is 1. The van der Waals surface area contributed by atoms with Crippen LogP contribution in [0.2, 0.25) is 5.02 Å². The largest absolute Gasteiger partial charge is 0.336 e. The maximum Gasteiger partial charge on any atom is 0.219 e. The van der Waals surface area contributed by atoms with E-state index in [-0.39, 0.29) is 11.9 Å². The van der Waals surface area contributed by atoms with Crippen molar-refractivity contribution in [3.8, 4) is 0 Å². The summed E-state index contributed by atoms with van der Waals surface area (Å²) in [6, 6.07) is 8.11. The second-order valence-corrected chi connectivity index (χ2v) is 5.07. The lowest BCUT2D eigenvalue weighted by Crippen LogP contribution is -2.32. The Kier molecular flexibility index (Phi) is 4.06. The Morgan fingerprint density at radius 2 is 1.94 bits per heavy atom. The molecule has 1 atom stereocenters. The van der Waals surface area contributed by atoms with Gasteiger partial charge in [-0.05, 0) is 30.5 Å². The van der Waals surface area contributed by atoms with Crippen molar-refractivity contribution in [3.05, 3.63) is 34.9 Å². The summed E-state index contributed by atoms with van der Waals surface area (Å²) in [7, 11) is 0. The fourth-order valence-corrected chi connectivity index (χ4v) is 2.64. The number of likely N-dealkylation sites (tertiary alicyclic amines) is 1. The first-order chi connectivity index (χ1) is 8.18. The van der Waals surface area contributed by atoms with Crippen molar-refractivity contribution in [1.29, 1.82) is 0 Å². The third-order valence-corrected chi connectivity index (χ3v) is 3.66. The highest BCUT2D eigenvalue weighted by atomic mass is 35.5. The van der Waals surface area contributed by atoms with Crippen LogP contribution in [0, 0.1) is 0 Å². The predicted octanol–water partition coefficient (Wildman–Crippen LogP) is 3.80. The molecule has 0 saturated carbocycles. The van der Waals surface area contributed by atoms with Gasteiger partial charge in [-0.3, -0.25) is 4.79 Å². The Labute approximate surface area is 108 Å². The third-order valence-electron chi connectivity index (χ3n) is 3.41. The van der Waals surface area contributed by atoms with Crippen LogP contribution in [0.3, 0.4) is 0 Å². The molecule has 1 fully saturated rings. The Morgan fingerprint density at radius 3 is 2.59 bits per heavy atom. The standard InChI is InChI=1S/C14H18ClNO/c1-11(17)16-10-4-2-3-5-14(16)12-6-8-13(15)9-7-12/h6-9,14H,2-5,10H2,1H3. The van der Waals surface area contributed by atoms with Gasteiger partial charge in [0.05, 0.1) is 6.04 Å². The van der Waals surface area contributed by atoms with E-state index in [2.05, 4.69) is 0 Å². The van der Waals surface area contributed by atoms with Crippen molar-refractivity contribution in [3.63, 3.8) is 0 Å². The van der Waals surface area contributed by atoms with Crippen LogP contribution in [-0.4, -0.2) is 17.4 Å². The van der Waals surface area contributed by atoms with Gasteiger partial charge in [0.1, 0.15) is 0 Å². The average Bonchev–Trinajstić information content (AvgIpc) is 2.55. The molecular weight excluding hydrogens is 234 g/mol. The molecule has 1 aliphatic heterocycles. The second kappa shape index (κ2) is 5.54. The van der Waals surface area contributed by atoms with Crippen LogP contribution in [0.25, 0.3) is 0 Å². The highest BCUT2D eigenvalue weighted by molar-refractivity contribution is 6.30. The smallest absolute Gasteiger partial charge is 0.219 e. The van der Waals surface area contributed by atoms with Crippen LogP contribution in [0.1, 0.15) is 44.2 Å². The van der Waals surface area contributed by atoms with Crippen molar-refractivity contribution in [2.75, 3.05) is 6.54 Å². The summed E-state index contributed by atoms with van der Waals surface area (Å²) < 4.78 is 0. The Morgan fingerprint density at radius 1 is 1.24 bits per heavy atom. The molecule has 1 aromatic carbocycles. The number of nitrogens with zero attached hydrogens (tertiary/aromatic N) is 1. The molecule has 2 nitrogen and oxygen atoms in total. The van der Waals surface area contributed by atoms with Gasteiger partial charge in [0.15, 0.2) is 0 Å². The third kappa shape index (κ3) is 3.01. The van der Waals surface area contributed by atoms with Crippen LogP contribution < -0.4 is 0 Å². The molecule has 0 spiro atoms. The summed E-state index contributed by atoms with van der Waals surface area (Å²) in [5, 5.41) is 0.747. The lowest BCUT2D eigenvalue weighted by Gasteiger charge is -2.29. The molecule has 1 unspecified atom stereocenters. The topological polar surface area (TPSA) is 20.3 Å². The second-order valence-electron chi connectivity index (χ2n) is 4.63. The molecule has 0 radical (unpaired) electrons. The van der Waals surface area contributed by atoms with E-state index in [1.165, 1.54) is 18.4 Å². The summed E-state index contributed by atoms with van der Waals surface area (Å²) in [4.78, 5) is 13.7. The van der Waals surface area contributed by atoms with Crippen molar-refractivity contribution in [2.45, 2.75) is 38.6 Å². The van der Waals surface area contributed by atoms with Gasteiger partial charge in [0.25, 0.3) is 0 Å². The van der Waals surface area contributed by atoms with E-state index in [4.69, 9.17) is 11.6 Å². The van der Waals surface area contributed by atoms with Crippen LogP contribution in [0.5, 0.6) is 0 Å². The molecular formula is C14H18ClNO. The zero-order chi connectivity index (χ0) is 12.3. The molecule has 2 rings (SSSR count). The summed E-state index contributed by atoms with van der Waals surface area (Å²) in [5.74, 6) is 0.173. The van der Waals surface area contributed by atoms with E-state index >= 15 is 0 Å². The number of halogens is 1. The maximum absolute atomic E-state index is 11.7. The first-order valence-corrected chi connectivity index (χ1v) is 6.59. The van der Waals surface area contributed by atoms with E-state index in [1.807, 2.05) is 29.2 Å². The highest BCUT2D eigenvalue weighted by Crippen LogP contribution is 2.30. The normalized spacial score (nSPS) is 21.1. The minimum absolute atomic E-state index is 0.173. The summed E-state index contributed by atoms with van der Waals surface area (Å²) >= 11 is 5.90. The van der Waals surface area contributed by atoms with E-state index in [9.17, 15) is 4.79 Å². The van der Waals surface area contributed by atoms with Crippen LogP contribution in [0.15, 0.2) is 24.3 Å². The number of carbonyl (C=O) groups is 1. The number of carbonyl (C=O) groups excluding carboxylic acids is 1. The van der Waals surface area contributed by atoms with Crippen molar-refractivity contribution < 1.29 is 4.79 Å². The van der Waals surface area contributed by atoms with Crippen LogP contribution in [0.4, 0.5) is 0 Å². The fourth-order valence-electron chi connectivity index (χ4n) is 2.52. The van der Waals surface area contributed by atoms with Gasteiger partial charge in [-0.25, -0.2) is 0 Å².